The summed E-state index contributed by atoms with van der Waals surface area (Å²) in [4.78, 5) is 0. The van der Waals surface area contributed by atoms with Crippen molar-refractivity contribution in [3.05, 3.63) is 82.2 Å². The highest BCUT2D eigenvalue weighted by Gasteiger charge is 2.37. The lowest BCUT2D eigenvalue weighted by molar-refractivity contribution is -0.227. The molecule has 3 nitrogen and oxygen atoms in total. The second-order valence-electron chi connectivity index (χ2n) is 10.6. The molecule has 0 aliphatic carbocycles. The van der Waals surface area contributed by atoms with Crippen LogP contribution in [0.15, 0.2) is 42.5 Å². The topological polar surface area (TPSA) is 27.7 Å². The minimum absolute atomic E-state index is 0.0151. The lowest BCUT2D eigenvalue weighted by Gasteiger charge is -2.29. The second kappa shape index (κ2) is 14.5. The zero-order valence-electron chi connectivity index (χ0n) is 23.2. The first-order valence-electron chi connectivity index (χ1n) is 14.3. The zero-order valence-corrected chi connectivity index (χ0v) is 23.2. The maximum absolute atomic E-state index is 15.2. The van der Waals surface area contributed by atoms with E-state index >= 15 is 4.39 Å². The first kappa shape index (κ1) is 31.3. The van der Waals surface area contributed by atoms with E-state index in [2.05, 4.69) is 6.92 Å². The summed E-state index contributed by atoms with van der Waals surface area (Å²) < 4.78 is 98.9. The van der Waals surface area contributed by atoms with Crippen molar-refractivity contribution in [2.24, 2.45) is 0 Å². The van der Waals surface area contributed by atoms with Gasteiger partial charge in [0.05, 0.1) is 13.2 Å². The zero-order chi connectivity index (χ0) is 29.4. The normalized spacial score (nSPS) is 17.8. The molecule has 4 rings (SSSR count). The highest BCUT2D eigenvalue weighted by molar-refractivity contribution is 5.84. The average Bonchev–Trinajstić information content (AvgIpc) is 2.93. The summed E-state index contributed by atoms with van der Waals surface area (Å²) >= 11 is 0. The number of halogens is 6. The summed E-state index contributed by atoms with van der Waals surface area (Å²) in [5.74, 6) is -3.81. The van der Waals surface area contributed by atoms with E-state index in [9.17, 15) is 22.0 Å². The van der Waals surface area contributed by atoms with Gasteiger partial charge in [-0.25, -0.2) is 13.2 Å². The molecule has 3 aromatic carbocycles. The maximum atomic E-state index is 15.2. The van der Waals surface area contributed by atoms with Crippen molar-refractivity contribution < 1.29 is 40.6 Å². The summed E-state index contributed by atoms with van der Waals surface area (Å²) in [6, 6.07) is 10.1. The van der Waals surface area contributed by atoms with Gasteiger partial charge in [0.15, 0.2) is 6.29 Å². The largest absolute Gasteiger partial charge is 0.422 e. The standard InChI is InChI=1S/C32H36F6O3/c1-2-3-4-5-6-15-39-25-19-40-29(41-20-25)14-9-21-8-13-26-24(16-21)12-11-23(31(26)35)10-7-22-17-27(33)30(28(34)18-22)32(36,37)38/h8,11-13,16-18,25,29H,2-7,9-10,14-15,19-20H2,1H3. The van der Waals surface area contributed by atoms with Gasteiger partial charge in [-0.05, 0) is 59.9 Å². The van der Waals surface area contributed by atoms with E-state index in [0.29, 0.717) is 61.1 Å². The predicted octanol–water partition coefficient (Wildman–Crippen LogP) is 8.72. The van der Waals surface area contributed by atoms with E-state index in [4.69, 9.17) is 14.2 Å². The van der Waals surface area contributed by atoms with Crippen LogP contribution < -0.4 is 0 Å². The van der Waals surface area contributed by atoms with Crippen LogP contribution in [0.3, 0.4) is 0 Å². The Balaban J connectivity index is 1.27. The molecule has 1 fully saturated rings. The number of hydrogen-bond donors (Lipinski definition) is 0. The summed E-state index contributed by atoms with van der Waals surface area (Å²) in [6.45, 7) is 3.90. The second-order valence-corrected chi connectivity index (χ2v) is 10.6. The third-order valence-corrected chi connectivity index (χ3v) is 7.37. The van der Waals surface area contributed by atoms with Crippen LogP contribution in [0.4, 0.5) is 26.3 Å². The van der Waals surface area contributed by atoms with Crippen LogP contribution in [0.25, 0.3) is 10.8 Å². The molecule has 224 valence electrons. The molecule has 9 heteroatoms. The predicted molar refractivity (Wildman–Crippen MR) is 145 cm³/mol. The average molecular weight is 583 g/mol. The molecule has 0 atom stereocenters. The number of fused-ring (bicyclic) bond motifs is 1. The molecule has 0 spiro atoms. The van der Waals surface area contributed by atoms with Crippen LogP contribution in [0.2, 0.25) is 0 Å². The van der Waals surface area contributed by atoms with Crippen molar-refractivity contribution in [3.8, 4) is 0 Å². The molecule has 1 aliphatic heterocycles. The van der Waals surface area contributed by atoms with E-state index < -0.39 is 29.2 Å². The summed E-state index contributed by atoms with van der Waals surface area (Å²) in [5.41, 5.74) is -0.585. The van der Waals surface area contributed by atoms with E-state index in [1.807, 2.05) is 12.1 Å². The summed E-state index contributed by atoms with van der Waals surface area (Å²) in [7, 11) is 0. The Bertz CT molecular complexity index is 1260. The number of unbranched alkanes of at least 4 members (excludes halogenated alkanes) is 4. The monoisotopic (exact) mass is 582 g/mol. The smallest absolute Gasteiger partial charge is 0.373 e. The van der Waals surface area contributed by atoms with Gasteiger partial charge in [-0.2, -0.15) is 13.2 Å². The Kier molecular flexibility index (Phi) is 11.1. The van der Waals surface area contributed by atoms with Gasteiger partial charge in [0, 0.05) is 18.4 Å². The van der Waals surface area contributed by atoms with Gasteiger partial charge in [0.25, 0.3) is 0 Å². The highest BCUT2D eigenvalue weighted by Crippen LogP contribution is 2.34. The van der Waals surface area contributed by atoms with Gasteiger partial charge >= 0.3 is 6.18 Å². The fraction of sp³-hybridized carbons (Fsp3) is 0.500. The van der Waals surface area contributed by atoms with Crippen molar-refractivity contribution in [1.82, 2.24) is 0 Å². The lowest BCUT2D eigenvalue weighted by atomic mass is 9.97. The van der Waals surface area contributed by atoms with E-state index in [1.54, 1.807) is 18.2 Å². The number of benzene rings is 3. The number of hydrogen-bond acceptors (Lipinski definition) is 3. The third kappa shape index (κ3) is 8.69. The number of ether oxygens (including phenoxy) is 3. The van der Waals surface area contributed by atoms with Crippen LogP contribution >= 0.6 is 0 Å². The molecule has 0 bridgehead atoms. The van der Waals surface area contributed by atoms with Crippen LogP contribution in [0.1, 0.15) is 67.7 Å². The molecule has 3 aromatic rings. The van der Waals surface area contributed by atoms with Gasteiger partial charge in [-0.15, -0.1) is 0 Å². The number of aryl methyl sites for hydroxylation is 3. The highest BCUT2D eigenvalue weighted by atomic mass is 19.4. The van der Waals surface area contributed by atoms with Gasteiger partial charge in [0.2, 0.25) is 0 Å². The first-order valence-corrected chi connectivity index (χ1v) is 14.3. The Morgan fingerprint density at radius 3 is 2.20 bits per heavy atom. The van der Waals surface area contributed by atoms with E-state index in [1.165, 1.54) is 25.7 Å². The lowest BCUT2D eigenvalue weighted by Crippen LogP contribution is -2.37. The molecule has 1 heterocycles. The number of rotatable bonds is 13. The molecule has 1 saturated heterocycles. The third-order valence-electron chi connectivity index (χ3n) is 7.37. The summed E-state index contributed by atoms with van der Waals surface area (Å²) in [5, 5.41) is 1.10. The summed E-state index contributed by atoms with van der Waals surface area (Å²) in [6.07, 6.45) is 1.81. The van der Waals surface area contributed by atoms with Crippen LogP contribution in [-0.2, 0) is 39.6 Å². The Hall–Kier alpha value is -2.62. The molecule has 0 saturated carbocycles. The fourth-order valence-electron chi connectivity index (χ4n) is 5.08. The van der Waals surface area contributed by atoms with Crippen molar-refractivity contribution in [2.75, 3.05) is 19.8 Å². The van der Waals surface area contributed by atoms with Gasteiger partial charge in [0.1, 0.15) is 29.1 Å². The molecule has 1 aliphatic rings. The van der Waals surface area contributed by atoms with Crippen LogP contribution in [-0.4, -0.2) is 32.2 Å². The maximum Gasteiger partial charge on any atom is 0.422 e. The molecule has 0 N–H and O–H groups in total. The van der Waals surface area contributed by atoms with Gasteiger partial charge in [-0.3, -0.25) is 0 Å². The molecular weight excluding hydrogens is 546 g/mol. The Morgan fingerprint density at radius 1 is 0.805 bits per heavy atom. The minimum atomic E-state index is -5.13. The van der Waals surface area contributed by atoms with Crippen molar-refractivity contribution in [3.63, 3.8) is 0 Å². The fourth-order valence-corrected chi connectivity index (χ4v) is 5.08. The van der Waals surface area contributed by atoms with E-state index in [0.717, 1.165) is 12.0 Å². The van der Waals surface area contributed by atoms with Crippen molar-refractivity contribution >= 4 is 10.8 Å². The Labute approximate surface area is 236 Å². The first-order chi connectivity index (χ1) is 19.7. The van der Waals surface area contributed by atoms with Crippen LogP contribution in [0, 0.1) is 17.5 Å². The molecular formula is C32H36F6O3. The van der Waals surface area contributed by atoms with Crippen molar-refractivity contribution in [2.45, 2.75) is 83.3 Å². The van der Waals surface area contributed by atoms with Gasteiger partial charge < -0.3 is 14.2 Å². The quantitative estimate of drug-likeness (QED) is 0.149. The van der Waals surface area contributed by atoms with Crippen molar-refractivity contribution in [1.29, 1.82) is 0 Å². The van der Waals surface area contributed by atoms with Gasteiger partial charge in [-0.1, -0.05) is 62.9 Å². The molecule has 0 amide bonds. The molecule has 41 heavy (non-hydrogen) atoms. The minimum Gasteiger partial charge on any atom is -0.373 e. The van der Waals surface area contributed by atoms with Crippen LogP contribution in [0.5, 0.6) is 0 Å². The van der Waals surface area contributed by atoms with E-state index in [-0.39, 0.29) is 30.8 Å². The SMILES string of the molecule is CCCCCCCOC1COC(CCc2ccc3c(F)c(CCc4cc(F)c(C(F)(F)F)c(F)c4)ccc3c2)OC1. The number of alkyl halides is 3. The Morgan fingerprint density at radius 2 is 1.51 bits per heavy atom. The molecule has 0 unspecified atom stereocenters. The molecule has 0 aromatic heterocycles. The molecule has 0 radical (unpaired) electrons.